The van der Waals surface area contributed by atoms with Crippen LogP contribution >= 0.6 is 0 Å². The van der Waals surface area contributed by atoms with Crippen molar-refractivity contribution in [3.63, 3.8) is 0 Å². The Morgan fingerprint density at radius 2 is 1.09 bits per heavy atom. The molecule has 3 unspecified atom stereocenters. The fourth-order valence-corrected chi connectivity index (χ4v) is 7.00. The van der Waals surface area contributed by atoms with E-state index in [4.69, 9.17) is 4.98 Å². The third-order valence-corrected chi connectivity index (χ3v) is 9.14. The van der Waals surface area contributed by atoms with Crippen molar-refractivity contribution in [1.29, 1.82) is 0 Å². The minimum Gasteiger partial charge on any atom is -0.308 e. The molecule has 2 aromatic heterocycles. The molecule has 45 heavy (non-hydrogen) atoms. The van der Waals surface area contributed by atoms with Crippen LogP contribution in [0.15, 0.2) is 152 Å². The van der Waals surface area contributed by atoms with Gasteiger partial charge in [-0.1, -0.05) is 115 Å². The Balaban J connectivity index is 1.16. The first-order chi connectivity index (χ1) is 22.3. The summed E-state index contributed by atoms with van der Waals surface area (Å²) in [6.45, 7) is 0. The number of benzene rings is 6. The minimum atomic E-state index is -0.144. The summed E-state index contributed by atoms with van der Waals surface area (Å²) in [6, 6.07) is 49.9. The van der Waals surface area contributed by atoms with E-state index >= 15 is 0 Å². The van der Waals surface area contributed by atoms with Gasteiger partial charge in [0.15, 0.2) is 0 Å². The lowest BCUT2D eigenvalue weighted by Crippen LogP contribution is -2.54. The number of nitrogens with zero attached hydrogens (tertiary/aromatic N) is 2. The van der Waals surface area contributed by atoms with E-state index in [0.717, 1.165) is 11.3 Å². The molecule has 216 valence electrons. The molecule has 6 aromatic carbocycles. The molecule has 5 nitrogen and oxygen atoms in total. The third kappa shape index (κ3) is 4.49. The molecule has 3 atom stereocenters. The van der Waals surface area contributed by atoms with E-state index in [1.165, 1.54) is 54.5 Å². The van der Waals surface area contributed by atoms with Gasteiger partial charge in [0.1, 0.15) is 0 Å². The van der Waals surface area contributed by atoms with E-state index in [-0.39, 0.29) is 18.5 Å². The van der Waals surface area contributed by atoms with E-state index in [9.17, 15) is 0 Å². The molecule has 5 heteroatoms. The van der Waals surface area contributed by atoms with Crippen molar-refractivity contribution in [2.24, 2.45) is 0 Å². The number of hydrogen-bond acceptors (Lipinski definition) is 4. The van der Waals surface area contributed by atoms with Gasteiger partial charge in [0.05, 0.1) is 41.4 Å². The lowest BCUT2D eigenvalue weighted by molar-refractivity contribution is 0.203. The van der Waals surface area contributed by atoms with Crippen molar-refractivity contribution >= 4 is 43.4 Å². The van der Waals surface area contributed by atoms with Crippen molar-refractivity contribution in [1.82, 2.24) is 25.5 Å². The van der Waals surface area contributed by atoms with Crippen molar-refractivity contribution in [3.05, 3.63) is 169 Å². The molecule has 1 aliphatic rings. The summed E-state index contributed by atoms with van der Waals surface area (Å²) < 4.78 is 2.35. The Labute approximate surface area is 261 Å². The summed E-state index contributed by atoms with van der Waals surface area (Å²) in [5.74, 6) is 0. The molecule has 0 spiro atoms. The smallest absolute Gasteiger partial charge is 0.0880 e. The number of rotatable bonds is 4. The second-order valence-electron chi connectivity index (χ2n) is 11.8. The van der Waals surface area contributed by atoms with Gasteiger partial charge in [-0.05, 0) is 56.9 Å². The highest BCUT2D eigenvalue weighted by Crippen LogP contribution is 2.37. The van der Waals surface area contributed by atoms with Crippen LogP contribution in [-0.2, 0) is 0 Å². The highest BCUT2D eigenvalue weighted by Gasteiger charge is 2.30. The molecule has 1 fully saturated rings. The first-order valence-corrected chi connectivity index (χ1v) is 15.5. The number of nitrogens with one attached hydrogen (secondary N) is 3. The van der Waals surface area contributed by atoms with Gasteiger partial charge in [-0.2, -0.15) is 0 Å². The quantitative estimate of drug-likeness (QED) is 0.195. The number of aromatic nitrogens is 2. The molecule has 0 amide bonds. The largest absolute Gasteiger partial charge is 0.308 e. The summed E-state index contributed by atoms with van der Waals surface area (Å²) in [6.07, 6.45) is 3.67. The highest BCUT2D eigenvalue weighted by atomic mass is 15.4. The molecular weight excluding hydrogens is 550 g/mol. The molecule has 1 saturated heterocycles. The van der Waals surface area contributed by atoms with E-state index in [0.29, 0.717) is 0 Å². The second kappa shape index (κ2) is 10.7. The van der Waals surface area contributed by atoms with Gasteiger partial charge in [-0.25, -0.2) is 0 Å². The molecule has 8 aromatic rings. The van der Waals surface area contributed by atoms with Gasteiger partial charge in [0.2, 0.25) is 0 Å². The standard InChI is InChI=1S/C40H31N5/c1-2-12-28(13-3-1)38-42-39(30-19-18-26-10-4-5-14-29(26)22-30)44-40(43-38)31-23-32(25-41-24-31)45-35-17-9-8-16-34(35)37-33-15-7-6-11-27(33)20-21-36(37)45/h1-25,38-40,42-44H. The zero-order valence-electron chi connectivity index (χ0n) is 24.6. The Hall–Kier alpha value is -5.33. The number of fused-ring (bicyclic) bond motifs is 6. The van der Waals surface area contributed by atoms with Gasteiger partial charge in [0.25, 0.3) is 0 Å². The SMILES string of the molecule is c1ccc(C2NC(c3cncc(-n4c5ccccc5c5c6ccccc6ccc54)c3)NC(c3ccc4ccccc4c3)N2)cc1. The molecule has 0 radical (unpaired) electrons. The maximum Gasteiger partial charge on any atom is 0.0880 e. The number of pyridine rings is 1. The van der Waals surface area contributed by atoms with Crippen LogP contribution in [0.5, 0.6) is 0 Å². The Morgan fingerprint density at radius 1 is 0.444 bits per heavy atom. The zero-order chi connectivity index (χ0) is 29.7. The predicted octanol–water partition coefficient (Wildman–Crippen LogP) is 8.66. The molecular formula is C40H31N5. The number of para-hydroxylation sites is 1. The van der Waals surface area contributed by atoms with Crippen LogP contribution in [0.25, 0.3) is 49.0 Å². The fraction of sp³-hybridized carbons (Fsp3) is 0.0750. The fourth-order valence-electron chi connectivity index (χ4n) is 7.00. The highest BCUT2D eigenvalue weighted by molar-refractivity contribution is 6.21. The summed E-state index contributed by atoms with van der Waals surface area (Å²) in [7, 11) is 0. The van der Waals surface area contributed by atoms with Gasteiger partial charge < -0.3 is 4.57 Å². The maximum atomic E-state index is 4.81. The van der Waals surface area contributed by atoms with Gasteiger partial charge in [-0.15, -0.1) is 0 Å². The molecule has 0 saturated carbocycles. The average Bonchev–Trinajstić information content (AvgIpc) is 3.46. The normalized spacial score (nSPS) is 18.6. The molecule has 1 aliphatic heterocycles. The first kappa shape index (κ1) is 26.1. The average molecular weight is 582 g/mol. The van der Waals surface area contributed by atoms with Crippen molar-refractivity contribution in [3.8, 4) is 5.69 Å². The van der Waals surface area contributed by atoms with Crippen molar-refractivity contribution < 1.29 is 0 Å². The summed E-state index contributed by atoms with van der Waals surface area (Å²) in [5.41, 5.74) is 6.84. The zero-order valence-corrected chi connectivity index (χ0v) is 24.6. The molecule has 0 bridgehead atoms. The number of hydrogen-bond donors (Lipinski definition) is 3. The summed E-state index contributed by atoms with van der Waals surface area (Å²) in [5, 5.41) is 19.0. The summed E-state index contributed by atoms with van der Waals surface area (Å²) >= 11 is 0. The van der Waals surface area contributed by atoms with Gasteiger partial charge in [-0.3, -0.25) is 20.9 Å². The van der Waals surface area contributed by atoms with E-state index in [1.807, 2.05) is 12.4 Å². The molecule has 3 heterocycles. The van der Waals surface area contributed by atoms with Crippen LogP contribution in [-0.4, -0.2) is 9.55 Å². The van der Waals surface area contributed by atoms with Crippen LogP contribution in [0.3, 0.4) is 0 Å². The van der Waals surface area contributed by atoms with Crippen LogP contribution in [0.4, 0.5) is 0 Å². The van der Waals surface area contributed by atoms with E-state index in [2.05, 4.69) is 160 Å². The Bertz CT molecular complexity index is 2340. The van der Waals surface area contributed by atoms with Gasteiger partial charge in [0, 0.05) is 22.5 Å². The van der Waals surface area contributed by atoms with Crippen LogP contribution < -0.4 is 16.0 Å². The van der Waals surface area contributed by atoms with Crippen LogP contribution in [0.2, 0.25) is 0 Å². The second-order valence-corrected chi connectivity index (χ2v) is 11.8. The molecule has 3 N–H and O–H groups in total. The predicted molar refractivity (Wildman–Crippen MR) is 184 cm³/mol. The van der Waals surface area contributed by atoms with Crippen molar-refractivity contribution in [2.45, 2.75) is 18.5 Å². The topological polar surface area (TPSA) is 53.9 Å². The third-order valence-electron chi connectivity index (χ3n) is 9.14. The lowest BCUT2D eigenvalue weighted by atomic mass is 10.0. The Kier molecular flexibility index (Phi) is 6.20. The first-order valence-electron chi connectivity index (χ1n) is 15.5. The summed E-state index contributed by atoms with van der Waals surface area (Å²) in [4.78, 5) is 4.81. The Morgan fingerprint density at radius 3 is 1.93 bits per heavy atom. The van der Waals surface area contributed by atoms with E-state index in [1.54, 1.807) is 0 Å². The van der Waals surface area contributed by atoms with Crippen molar-refractivity contribution in [2.75, 3.05) is 0 Å². The van der Waals surface area contributed by atoms with Gasteiger partial charge >= 0.3 is 0 Å². The minimum absolute atomic E-state index is 0.0582. The lowest BCUT2D eigenvalue weighted by Gasteiger charge is -2.39. The molecule has 9 rings (SSSR count). The van der Waals surface area contributed by atoms with E-state index < -0.39 is 0 Å². The molecule has 0 aliphatic carbocycles. The monoisotopic (exact) mass is 581 g/mol. The maximum absolute atomic E-state index is 4.81. The van der Waals surface area contributed by atoms with Crippen LogP contribution in [0, 0.1) is 0 Å². The van der Waals surface area contributed by atoms with Crippen LogP contribution in [0.1, 0.15) is 35.2 Å².